The number of fused-ring (bicyclic) bond motifs is 1. The van der Waals surface area contributed by atoms with Gasteiger partial charge in [-0.3, -0.25) is 4.79 Å². The minimum absolute atomic E-state index is 0.0154. The molecule has 0 radical (unpaired) electrons. The number of hydrogen-bond donors (Lipinski definition) is 1. The van der Waals surface area contributed by atoms with Crippen LogP contribution >= 0.6 is 0 Å². The van der Waals surface area contributed by atoms with Gasteiger partial charge in [-0.1, -0.05) is 72.8 Å². The van der Waals surface area contributed by atoms with Crippen LogP contribution in [0.2, 0.25) is 0 Å². The number of hydrogen-bond acceptors (Lipinski definition) is 3. The molecule has 1 amide bonds. The van der Waals surface area contributed by atoms with Crippen molar-refractivity contribution in [3.8, 4) is 11.5 Å². The second-order valence-corrected chi connectivity index (χ2v) is 9.37. The quantitative estimate of drug-likeness (QED) is 0.235. The van der Waals surface area contributed by atoms with Crippen LogP contribution in [-0.2, 0) is 17.9 Å². The summed E-state index contributed by atoms with van der Waals surface area (Å²) in [6.07, 6.45) is 2.55. The zero-order valence-electron chi connectivity index (χ0n) is 21.8. The third-order valence-corrected chi connectivity index (χ3v) is 6.95. The molecule has 5 rings (SSSR count). The van der Waals surface area contributed by atoms with Crippen molar-refractivity contribution in [1.29, 1.82) is 0 Å². The minimum atomic E-state index is -0.112. The summed E-state index contributed by atoms with van der Waals surface area (Å²) in [5.41, 5.74) is 5.61. The third-order valence-electron chi connectivity index (χ3n) is 6.95. The zero-order valence-corrected chi connectivity index (χ0v) is 21.8. The standard InChI is InChI=1S/C33H32N2O3/c1-37-27-16-12-25(13-17-27)22-35-23-31(29-10-6-7-11-32(29)35)30(26-14-18-28(38-2)19-15-26)20-33(36)34-21-24-8-4-3-5-9-24/h3-19,23,30H,20-22H2,1-2H3,(H,34,36)/t30-/m0/s1. The number of amides is 1. The van der Waals surface area contributed by atoms with Crippen LogP contribution in [0.3, 0.4) is 0 Å². The molecule has 0 fully saturated rings. The first-order valence-electron chi connectivity index (χ1n) is 12.8. The summed E-state index contributed by atoms with van der Waals surface area (Å²) < 4.78 is 13.0. The molecule has 5 aromatic rings. The van der Waals surface area contributed by atoms with Crippen molar-refractivity contribution in [3.05, 3.63) is 132 Å². The second-order valence-electron chi connectivity index (χ2n) is 9.37. The SMILES string of the molecule is COc1ccc(Cn2cc([C@@H](CC(=O)NCc3ccccc3)c3ccc(OC)cc3)c3ccccc32)cc1. The summed E-state index contributed by atoms with van der Waals surface area (Å²) in [5.74, 6) is 1.54. The van der Waals surface area contributed by atoms with Crippen molar-refractivity contribution >= 4 is 16.8 Å². The lowest BCUT2D eigenvalue weighted by atomic mass is 9.88. The predicted molar refractivity (Wildman–Crippen MR) is 152 cm³/mol. The van der Waals surface area contributed by atoms with Gasteiger partial charge in [0.25, 0.3) is 0 Å². The normalized spacial score (nSPS) is 11.7. The summed E-state index contributed by atoms with van der Waals surface area (Å²) >= 11 is 0. The van der Waals surface area contributed by atoms with E-state index >= 15 is 0 Å². The fourth-order valence-corrected chi connectivity index (χ4v) is 4.91. The van der Waals surface area contributed by atoms with E-state index in [0.717, 1.165) is 45.6 Å². The summed E-state index contributed by atoms with van der Waals surface area (Å²) in [6.45, 7) is 1.23. The van der Waals surface area contributed by atoms with Crippen LogP contribution in [0.5, 0.6) is 11.5 Å². The Labute approximate surface area is 223 Å². The monoisotopic (exact) mass is 504 g/mol. The van der Waals surface area contributed by atoms with Crippen LogP contribution in [0, 0.1) is 0 Å². The van der Waals surface area contributed by atoms with Crippen molar-refractivity contribution in [2.24, 2.45) is 0 Å². The molecule has 5 heteroatoms. The van der Waals surface area contributed by atoms with Crippen LogP contribution in [0.1, 0.15) is 34.6 Å². The van der Waals surface area contributed by atoms with Gasteiger partial charge in [0.2, 0.25) is 5.91 Å². The largest absolute Gasteiger partial charge is 0.497 e. The molecule has 5 nitrogen and oxygen atoms in total. The van der Waals surface area contributed by atoms with Gasteiger partial charge in [-0.05, 0) is 52.6 Å². The van der Waals surface area contributed by atoms with Gasteiger partial charge in [0.15, 0.2) is 0 Å². The maximum absolute atomic E-state index is 13.2. The Morgan fingerprint density at radius 1 is 0.763 bits per heavy atom. The van der Waals surface area contributed by atoms with Crippen LogP contribution in [0.25, 0.3) is 10.9 Å². The Hall–Kier alpha value is -4.51. The molecule has 0 unspecified atom stereocenters. The molecule has 0 aliphatic carbocycles. The molecule has 38 heavy (non-hydrogen) atoms. The number of carbonyl (C=O) groups is 1. The highest BCUT2D eigenvalue weighted by atomic mass is 16.5. The van der Waals surface area contributed by atoms with E-state index in [1.54, 1.807) is 14.2 Å². The Kier molecular flexibility index (Phi) is 7.74. The number of carbonyl (C=O) groups excluding carboxylic acids is 1. The first kappa shape index (κ1) is 25.2. The Morgan fingerprint density at radius 3 is 2.08 bits per heavy atom. The van der Waals surface area contributed by atoms with Crippen LogP contribution < -0.4 is 14.8 Å². The van der Waals surface area contributed by atoms with Gasteiger partial charge >= 0.3 is 0 Å². The van der Waals surface area contributed by atoms with E-state index in [9.17, 15) is 4.79 Å². The van der Waals surface area contributed by atoms with E-state index in [-0.39, 0.29) is 11.8 Å². The lowest BCUT2D eigenvalue weighted by Gasteiger charge is -2.18. The van der Waals surface area contributed by atoms with Crippen molar-refractivity contribution < 1.29 is 14.3 Å². The van der Waals surface area contributed by atoms with Gasteiger partial charge in [-0.15, -0.1) is 0 Å². The molecule has 192 valence electrons. The molecular weight excluding hydrogens is 472 g/mol. The zero-order chi connectivity index (χ0) is 26.3. The molecule has 0 spiro atoms. The molecule has 0 saturated heterocycles. The number of rotatable bonds is 10. The molecule has 1 N–H and O–H groups in total. The topological polar surface area (TPSA) is 52.5 Å². The average molecular weight is 505 g/mol. The highest BCUT2D eigenvalue weighted by Gasteiger charge is 2.23. The van der Waals surface area contributed by atoms with Crippen molar-refractivity contribution in [2.75, 3.05) is 14.2 Å². The first-order chi connectivity index (χ1) is 18.6. The van der Waals surface area contributed by atoms with Crippen LogP contribution in [-0.4, -0.2) is 24.7 Å². The van der Waals surface area contributed by atoms with Gasteiger partial charge in [0.05, 0.1) is 14.2 Å². The lowest BCUT2D eigenvalue weighted by Crippen LogP contribution is -2.25. The van der Waals surface area contributed by atoms with E-state index in [1.165, 1.54) is 5.56 Å². The molecular formula is C33H32N2O3. The minimum Gasteiger partial charge on any atom is -0.497 e. The first-order valence-corrected chi connectivity index (χ1v) is 12.8. The van der Waals surface area contributed by atoms with Gasteiger partial charge in [0, 0.05) is 42.5 Å². The van der Waals surface area contributed by atoms with E-state index in [2.05, 4.69) is 64.6 Å². The van der Waals surface area contributed by atoms with Gasteiger partial charge < -0.3 is 19.4 Å². The van der Waals surface area contributed by atoms with Gasteiger partial charge in [0.1, 0.15) is 11.5 Å². The molecule has 1 aromatic heterocycles. The maximum Gasteiger partial charge on any atom is 0.221 e. The van der Waals surface area contributed by atoms with E-state index in [1.807, 2.05) is 54.6 Å². The van der Waals surface area contributed by atoms with Crippen molar-refractivity contribution in [1.82, 2.24) is 9.88 Å². The number of para-hydroxylation sites is 1. The van der Waals surface area contributed by atoms with Gasteiger partial charge in [-0.2, -0.15) is 0 Å². The molecule has 0 aliphatic heterocycles. The Bertz CT molecular complexity index is 1490. The Balaban J connectivity index is 1.48. The number of benzene rings is 4. The highest BCUT2D eigenvalue weighted by molar-refractivity contribution is 5.87. The number of nitrogens with zero attached hydrogens (tertiary/aromatic N) is 1. The molecule has 1 heterocycles. The molecule has 1 atom stereocenters. The summed E-state index contributed by atoms with van der Waals surface area (Å²) in [4.78, 5) is 13.2. The number of ether oxygens (including phenoxy) is 2. The van der Waals surface area contributed by atoms with E-state index in [4.69, 9.17) is 9.47 Å². The van der Waals surface area contributed by atoms with Gasteiger partial charge in [-0.25, -0.2) is 0 Å². The molecule has 0 bridgehead atoms. The van der Waals surface area contributed by atoms with Crippen molar-refractivity contribution in [2.45, 2.75) is 25.4 Å². The van der Waals surface area contributed by atoms with E-state index in [0.29, 0.717) is 13.0 Å². The summed E-state index contributed by atoms with van der Waals surface area (Å²) in [6, 6.07) is 34.6. The Morgan fingerprint density at radius 2 is 1.39 bits per heavy atom. The number of nitrogens with one attached hydrogen (secondary N) is 1. The van der Waals surface area contributed by atoms with Crippen LogP contribution in [0.4, 0.5) is 0 Å². The number of aromatic nitrogens is 1. The maximum atomic E-state index is 13.2. The predicted octanol–water partition coefficient (Wildman–Crippen LogP) is 6.55. The fraction of sp³-hybridized carbons (Fsp3) is 0.182. The lowest BCUT2D eigenvalue weighted by molar-refractivity contribution is -0.121. The van der Waals surface area contributed by atoms with E-state index < -0.39 is 0 Å². The number of methoxy groups -OCH3 is 2. The highest BCUT2D eigenvalue weighted by Crippen LogP contribution is 2.36. The average Bonchev–Trinajstić information content (AvgIpc) is 3.34. The molecule has 0 saturated carbocycles. The molecule has 4 aromatic carbocycles. The fourth-order valence-electron chi connectivity index (χ4n) is 4.91. The second kappa shape index (κ2) is 11.7. The molecule has 0 aliphatic rings. The van der Waals surface area contributed by atoms with Crippen molar-refractivity contribution in [3.63, 3.8) is 0 Å². The smallest absolute Gasteiger partial charge is 0.221 e. The van der Waals surface area contributed by atoms with Crippen LogP contribution in [0.15, 0.2) is 109 Å². The third kappa shape index (κ3) is 5.73. The summed E-state index contributed by atoms with van der Waals surface area (Å²) in [7, 11) is 3.34. The summed E-state index contributed by atoms with van der Waals surface area (Å²) in [5, 5.41) is 4.27.